The number of hydrogen-bond donors (Lipinski definition) is 2. The lowest BCUT2D eigenvalue weighted by Gasteiger charge is -2.40. The van der Waals surface area contributed by atoms with Gasteiger partial charge in [0.05, 0.1) is 5.56 Å². The van der Waals surface area contributed by atoms with Gasteiger partial charge >= 0.3 is 5.97 Å². The summed E-state index contributed by atoms with van der Waals surface area (Å²) in [6, 6.07) is 5.32. The number of rotatable bonds is 5. The number of aromatic carboxylic acids is 1. The molecule has 2 N–H and O–H groups in total. The number of thioether (sulfide) groups is 1. The maximum absolute atomic E-state index is 11.2. The molecule has 0 atom stereocenters. The normalized spacial score (nSPS) is 17.0. The first-order chi connectivity index (χ1) is 8.56. The van der Waals surface area contributed by atoms with Gasteiger partial charge in [0.15, 0.2) is 0 Å². The van der Waals surface area contributed by atoms with Crippen LogP contribution in [-0.2, 0) is 0 Å². The lowest BCUT2D eigenvalue weighted by atomic mass is 9.84. The molecule has 0 aliphatic heterocycles. The summed E-state index contributed by atoms with van der Waals surface area (Å²) in [5, 5.41) is 12.5. The highest BCUT2D eigenvalue weighted by Gasteiger charge is 2.35. The van der Waals surface area contributed by atoms with E-state index in [1.165, 1.54) is 19.3 Å². The SMILES string of the molecule is CSC1(CNc2ccc(Br)cc2C(=O)O)CCC1. The third-order valence-corrected chi connectivity index (χ3v) is 5.42. The molecule has 1 saturated carbocycles. The van der Waals surface area contributed by atoms with E-state index >= 15 is 0 Å². The number of nitrogens with one attached hydrogen (secondary N) is 1. The van der Waals surface area contributed by atoms with Crippen LogP contribution in [0, 0.1) is 0 Å². The van der Waals surface area contributed by atoms with Crippen molar-refractivity contribution < 1.29 is 9.90 Å². The molecule has 0 saturated heterocycles. The van der Waals surface area contributed by atoms with Crippen LogP contribution >= 0.6 is 27.7 Å². The predicted octanol–water partition coefficient (Wildman–Crippen LogP) is 3.84. The standard InChI is InChI=1S/C13H16BrNO2S/c1-18-13(5-2-6-13)8-15-11-4-3-9(14)7-10(11)12(16)17/h3-4,7,15H,2,5-6,8H2,1H3,(H,16,17). The van der Waals surface area contributed by atoms with Crippen LogP contribution in [0.15, 0.2) is 22.7 Å². The van der Waals surface area contributed by atoms with Gasteiger partial charge < -0.3 is 10.4 Å². The van der Waals surface area contributed by atoms with Crippen molar-refractivity contribution in [2.75, 3.05) is 18.1 Å². The van der Waals surface area contributed by atoms with Crippen molar-refractivity contribution in [2.45, 2.75) is 24.0 Å². The largest absolute Gasteiger partial charge is 0.478 e. The molecule has 1 aliphatic rings. The summed E-state index contributed by atoms with van der Waals surface area (Å²) < 4.78 is 1.08. The van der Waals surface area contributed by atoms with Crippen LogP contribution in [0.1, 0.15) is 29.6 Å². The molecule has 0 bridgehead atoms. The molecule has 3 nitrogen and oxygen atoms in total. The molecule has 1 fully saturated rings. The lowest BCUT2D eigenvalue weighted by Crippen LogP contribution is -2.40. The molecule has 2 rings (SSSR count). The number of carboxylic acid groups (broad SMARTS) is 1. The third-order valence-electron chi connectivity index (χ3n) is 3.51. The van der Waals surface area contributed by atoms with Crippen molar-refractivity contribution in [1.82, 2.24) is 0 Å². The fourth-order valence-electron chi connectivity index (χ4n) is 2.13. The molecule has 1 aromatic carbocycles. The third kappa shape index (κ3) is 2.83. The summed E-state index contributed by atoms with van der Waals surface area (Å²) in [6.07, 6.45) is 5.81. The molecule has 0 amide bonds. The molecule has 5 heteroatoms. The van der Waals surface area contributed by atoms with Crippen molar-refractivity contribution in [3.8, 4) is 0 Å². The minimum atomic E-state index is -0.898. The van der Waals surface area contributed by atoms with Gasteiger partial charge in [-0.25, -0.2) is 4.79 Å². The van der Waals surface area contributed by atoms with Gasteiger partial charge in [-0.3, -0.25) is 0 Å². The molecule has 0 spiro atoms. The maximum Gasteiger partial charge on any atom is 0.337 e. The van der Waals surface area contributed by atoms with Crippen LogP contribution < -0.4 is 5.32 Å². The first kappa shape index (κ1) is 13.7. The van der Waals surface area contributed by atoms with E-state index in [0.717, 1.165) is 11.0 Å². The van der Waals surface area contributed by atoms with Crippen LogP contribution in [-0.4, -0.2) is 28.6 Å². The average Bonchev–Trinajstić information content (AvgIpc) is 2.29. The minimum Gasteiger partial charge on any atom is -0.478 e. The van der Waals surface area contributed by atoms with E-state index in [9.17, 15) is 9.90 Å². The van der Waals surface area contributed by atoms with Gasteiger partial charge in [0.1, 0.15) is 0 Å². The van der Waals surface area contributed by atoms with Crippen molar-refractivity contribution >= 4 is 39.3 Å². The van der Waals surface area contributed by atoms with E-state index < -0.39 is 5.97 Å². The summed E-state index contributed by atoms with van der Waals surface area (Å²) in [5.74, 6) is -0.898. The number of halogens is 1. The Morgan fingerprint density at radius 3 is 2.78 bits per heavy atom. The minimum absolute atomic E-state index is 0.294. The first-order valence-electron chi connectivity index (χ1n) is 5.88. The van der Waals surface area contributed by atoms with Gasteiger partial charge in [0.2, 0.25) is 0 Å². The molecule has 0 heterocycles. The van der Waals surface area contributed by atoms with Crippen molar-refractivity contribution in [3.05, 3.63) is 28.2 Å². The molecule has 18 heavy (non-hydrogen) atoms. The summed E-state index contributed by atoms with van der Waals surface area (Å²) in [7, 11) is 0. The second kappa shape index (κ2) is 5.53. The van der Waals surface area contributed by atoms with E-state index in [0.29, 0.717) is 16.0 Å². The predicted molar refractivity (Wildman–Crippen MR) is 79.7 cm³/mol. The molecule has 0 aromatic heterocycles. The zero-order chi connectivity index (χ0) is 13.2. The number of carboxylic acids is 1. The van der Waals surface area contributed by atoms with E-state index in [1.807, 2.05) is 23.9 Å². The first-order valence-corrected chi connectivity index (χ1v) is 7.90. The molecule has 0 unspecified atom stereocenters. The highest BCUT2D eigenvalue weighted by Crippen LogP contribution is 2.42. The Morgan fingerprint density at radius 1 is 1.56 bits per heavy atom. The van der Waals surface area contributed by atoms with Crippen LogP contribution in [0.5, 0.6) is 0 Å². The van der Waals surface area contributed by atoms with Gasteiger partial charge in [-0.15, -0.1) is 0 Å². The number of benzene rings is 1. The lowest BCUT2D eigenvalue weighted by molar-refractivity contribution is 0.0698. The van der Waals surface area contributed by atoms with Gasteiger partial charge in [-0.05, 0) is 37.3 Å². The molecule has 0 radical (unpaired) electrons. The highest BCUT2D eigenvalue weighted by atomic mass is 79.9. The van der Waals surface area contributed by atoms with Crippen LogP contribution in [0.3, 0.4) is 0 Å². The molecule has 1 aromatic rings. The van der Waals surface area contributed by atoms with Crippen LogP contribution in [0.2, 0.25) is 0 Å². The topological polar surface area (TPSA) is 49.3 Å². The van der Waals surface area contributed by atoms with Crippen molar-refractivity contribution in [2.24, 2.45) is 0 Å². The van der Waals surface area contributed by atoms with Gasteiger partial charge in [0, 0.05) is 21.5 Å². The number of anilines is 1. The second-order valence-corrected chi connectivity index (χ2v) is 6.78. The Bertz CT molecular complexity index is 455. The molecular weight excluding hydrogens is 314 g/mol. The monoisotopic (exact) mass is 329 g/mol. The van der Waals surface area contributed by atoms with Crippen LogP contribution in [0.25, 0.3) is 0 Å². The smallest absolute Gasteiger partial charge is 0.337 e. The average molecular weight is 330 g/mol. The highest BCUT2D eigenvalue weighted by molar-refractivity contribution is 9.10. The Labute approximate surface area is 119 Å². The van der Waals surface area contributed by atoms with Crippen molar-refractivity contribution in [1.29, 1.82) is 0 Å². The van der Waals surface area contributed by atoms with Gasteiger partial charge in [-0.1, -0.05) is 22.4 Å². The number of hydrogen-bond acceptors (Lipinski definition) is 3. The zero-order valence-corrected chi connectivity index (χ0v) is 12.6. The summed E-state index contributed by atoms with van der Waals surface area (Å²) in [4.78, 5) is 11.2. The summed E-state index contributed by atoms with van der Waals surface area (Å²) >= 11 is 5.17. The van der Waals surface area contributed by atoms with Gasteiger partial charge in [0.25, 0.3) is 0 Å². The van der Waals surface area contributed by atoms with E-state index in [4.69, 9.17) is 0 Å². The quantitative estimate of drug-likeness (QED) is 0.861. The fraction of sp³-hybridized carbons (Fsp3) is 0.462. The molecule has 1 aliphatic carbocycles. The fourth-order valence-corrected chi connectivity index (χ4v) is 3.40. The zero-order valence-electron chi connectivity index (χ0n) is 10.2. The Hall–Kier alpha value is -0.680. The Morgan fingerprint density at radius 2 is 2.28 bits per heavy atom. The molecule has 98 valence electrons. The second-order valence-electron chi connectivity index (χ2n) is 4.59. The van der Waals surface area contributed by atoms with E-state index in [-0.39, 0.29) is 0 Å². The summed E-state index contributed by atoms with van der Waals surface area (Å²) in [6.45, 7) is 0.829. The Balaban J connectivity index is 2.11. The van der Waals surface area contributed by atoms with E-state index in [2.05, 4.69) is 27.5 Å². The summed E-state index contributed by atoms with van der Waals surface area (Å²) in [5.41, 5.74) is 1.02. The van der Waals surface area contributed by atoms with Crippen LogP contribution in [0.4, 0.5) is 5.69 Å². The van der Waals surface area contributed by atoms with Gasteiger partial charge in [-0.2, -0.15) is 11.8 Å². The molecular formula is C13H16BrNO2S. The number of carbonyl (C=O) groups is 1. The van der Waals surface area contributed by atoms with Crippen molar-refractivity contribution in [3.63, 3.8) is 0 Å². The maximum atomic E-state index is 11.2. The Kier molecular flexibility index (Phi) is 4.22. The van der Waals surface area contributed by atoms with E-state index in [1.54, 1.807) is 6.07 Å².